The van der Waals surface area contributed by atoms with Gasteiger partial charge in [0.1, 0.15) is 12.1 Å². The van der Waals surface area contributed by atoms with Gasteiger partial charge < -0.3 is 5.32 Å². The van der Waals surface area contributed by atoms with E-state index in [4.69, 9.17) is 0 Å². The Balaban J connectivity index is 1.74. The van der Waals surface area contributed by atoms with E-state index in [9.17, 15) is 0 Å². The summed E-state index contributed by atoms with van der Waals surface area (Å²) < 4.78 is 1.18. The fraction of sp³-hybridized carbons (Fsp3) is 0.538. The lowest BCUT2D eigenvalue weighted by Crippen LogP contribution is -2.17. The Hall–Kier alpha value is -1.16. The number of hydrogen-bond acceptors (Lipinski definition) is 4. The number of hydrogen-bond donors (Lipinski definition) is 1. The highest BCUT2D eigenvalue weighted by Gasteiger charge is 2.23. The van der Waals surface area contributed by atoms with Crippen LogP contribution < -0.4 is 5.32 Å². The van der Waals surface area contributed by atoms with Crippen molar-refractivity contribution in [3.05, 3.63) is 17.8 Å². The monoisotopic (exact) mass is 247 g/mol. The topological polar surface area (TPSA) is 37.8 Å². The van der Waals surface area contributed by atoms with Gasteiger partial charge in [-0.2, -0.15) is 0 Å². The van der Waals surface area contributed by atoms with E-state index in [-0.39, 0.29) is 0 Å². The fourth-order valence-corrected chi connectivity index (χ4v) is 3.48. The quantitative estimate of drug-likeness (QED) is 0.901. The van der Waals surface area contributed by atoms with Crippen LogP contribution in [0.1, 0.15) is 26.2 Å². The molecule has 3 rings (SSSR count). The van der Waals surface area contributed by atoms with Crippen LogP contribution in [0.25, 0.3) is 10.2 Å². The Morgan fingerprint density at radius 2 is 2.35 bits per heavy atom. The largest absolute Gasteiger partial charge is 0.368 e. The molecule has 1 aliphatic rings. The summed E-state index contributed by atoms with van der Waals surface area (Å²) in [6, 6.07) is 2.05. The van der Waals surface area contributed by atoms with Crippen LogP contribution in [0.15, 0.2) is 17.8 Å². The summed E-state index contributed by atoms with van der Waals surface area (Å²) in [5.74, 6) is 2.66. The van der Waals surface area contributed by atoms with Crippen LogP contribution in [0.4, 0.5) is 5.82 Å². The standard InChI is InChI=1S/C13H17N3S/c1-9-3-2-4-10(9)7-14-13-12-11(5-6-17-12)15-8-16-13/h5-6,8-10H,2-4,7H2,1H3,(H,14,15,16). The maximum absolute atomic E-state index is 4.35. The summed E-state index contributed by atoms with van der Waals surface area (Å²) in [6.45, 7) is 3.41. The zero-order valence-corrected chi connectivity index (χ0v) is 10.8. The highest BCUT2D eigenvalue weighted by atomic mass is 32.1. The molecule has 4 heteroatoms. The minimum atomic E-state index is 0.806. The second-order valence-electron chi connectivity index (χ2n) is 4.91. The number of nitrogens with one attached hydrogen (secondary N) is 1. The molecule has 90 valence electrons. The Labute approximate surface area is 105 Å². The summed E-state index contributed by atoms with van der Waals surface area (Å²) in [5.41, 5.74) is 1.05. The maximum atomic E-state index is 4.35. The predicted molar refractivity (Wildman–Crippen MR) is 72.4 cm³/mol. The van der Waals surface area contributed by atoms with Gasteiger partial charge in [-0.25, -0.2) is 9.97 Å². The zero-order chi connectivity index (χ0) is 11.7. The van der Waals surface area contributed by atoms with E-state index in [2.05, 4.69) is 27.6 Å². The number of fused-ring (bicyclic) bond motifs is 1. The average molecular weight is 247 g/mol. The fourth-order valence-electron chi connectivity index (χ4n) is 2.67. The first-order valence-corrected chi connectivity index (χ1v) is 7.14. The number of thiophene rings is 1. The van der Waals surface area contributed by atoms with E-state index >= 15 is 0 Å². The summed E-state index contributed by atoms with van der Waals surface area (Å²) in [7, 11) is 0. The minimum absolute atomic E-state index is 0.806. The third-order valence-electron chi connectivity index (χ3n) is 3.81. The van der Waals surface area contributed by atoms with Gasteiger partial charge in [0.2, 0.25) is 0 Å². The van der Waals surface area contributed by atoms with Crippen LogP contribution in [-0.4, -0.2) is 16.5 Å². The number of aromatic nitrogens is 2. The van der Waals surface area contributed by atoms with Crippen molar-refractivity contribution in [1.29, 1.82) is 0 Å². The molecule has 3 nitrogen and oxygen atoms in total. The molecule has 1 fully saturated rings. The molecule has 0 aromatic carbocycles. The highest BCUT2D eigenvalue weighted by Crippen LogP contribution is 2.32. The van der Waals surface area contributed by atoms with E-state index in [1.54, 1.807) is 17.7 Å². The molecule has 0 amide bonds. The summed E-state index contributed by atoms with van der Waals surface area (Å²) in [5, 5.41) is 5.58. The summed E-state index contributed by atoms with van der Waals surface area (Å²) >= 11 is 1.71. The van der Waals surface area contributed by atoms with E-state index in [1.807, 2.05) is 6.07 Å². The lowest BCUT2D eigenvalue weighted by molar-refractivity contribution is 0.439. The lowest BCUT2D eigenvalue weighted by Gasteiger charge is -2.16. The Kier molecular flexibility index (Phi) is 2.97. The van der Waals surface area contributed by atoms with Crippen molar-refractivity contribution >= 4 is 27.4 Å². The smallest absolute Gasteiger partial charge is 0.147 e. The Bertz CT molecular complexity index is 508. The first kappa shape index (κ1) is 11.0. The molecular weight excluding hydrogens is 230 g/mol. The highest BCUT2D eigenvalue weighted by molar-refractivity contribution is 7.17. The van der Waals surface area contributed by atoms with E-state index in [0.29, 0.717) is 0 Å². The van der Waals surface area contributed by atoms with E-state index in [0.717, 1.165) is 29.7 Å². The van der Waals surface area contributed by atoms with E-state index in [1.165, 1.54) is 24.0 Å². The van der Waals surface area contributed by atoms with Crippen molar-refractivity contribution in [2.45, 2.75) is 26.2 Å². The molecule has 1 N–H and O–H groups in total. The first-order valence-electron chi connectivity index (χ1n) is 6.26. The maximum Gasteiger partial charge on any atom is 0.147 e. The van der Waals surface area contributed by atoms with Gasteiger partial charge in [-0.05, 0) is 29.7 Å². The third kappa shape index (κ3) is 2.14. The third-order valence-corrected chi connectivity index (χ3v) is 4.72. The van der Waals surface area contributed by atoms with Crippen molar-refractivity contribution in [3.63, 3.8) is 0 Å². The molecule has 1 aliphatic carbocycles. The van der Waals surface area contributed by atoms with Gasteiger partial charge in [-0.15, -0.1) is 11.3 Å². The van der Waals surface area contributed by atoms with Gasteiger partial charge in [0, 0.05) is 6.54 Å². The molecule has 2 atom stereocenters. The molecule has 1 saturated carbocycles. The van der Waals surface area contributed by atoms with E-state index < -0.39 is 0 Å². The number of nitrogens with zero attached hydrogens (tertiary/aromatic N) is 2. The predicted octanol–water partition coefficient (Wildman–Crippen LogP) is 3.54. The van der Waals surface area contributed by atoms with Crippen molar-refractivity contribution in [2.75, 3.05) is 11.9 Å². The van der Waals surface area contributed by atoms with Crippen LogP contribution in [0.2, 0.25) is 0 Å². The van der Waals surface area contributed by atoms with Crippen molar-refractivity contribution in [2.24, 2.45) is 11.8 Å². The van der Waals surface area contributed by atoms with Crippen LogP contribution in [0, 0.1) is 11.8 Å². The van der Waals surface area contributed by atoms with Crippen molar-refractivity contribution in [1.82, 2.24) is 9.97 Å². The molecular formula is C13H17N3S. The van der Waals surface area contributed by atoms with Gasteiger partial charge in [-0.1, -0.05) is 19.8 Å². The zero-order valence-electron chi connectivity index (χ0n) is 10.0. The lowest BCUT2D eigenvalue weighted by atomic mass is 9.98. The average Bonchev–Trinajstić information content (AvgIpc) is 2.95. The molecule has 2 heterocycles. The molecule has 0 radical (unpaired) electrons. The summed E-state index contributed by atoms with van der Waals surface area (Å²) in [4.78, 5) is 8.61. The SMILES string of the molecule is CC1CCCC1CNc1ncnc2ccsc12. The number of anilines is 1. The molecule has 17 heavy (non-hydrogen) atoms. The second kappa shape index (κ2) is 4.61. The Morgan fingerprint density at radius 3 is 3.18 bits per heavy atom. The van der Waals surface area contributed by atoms with Crippen LogP contribution in [0.5, 0.6) is 0 Å². The van der Waals surface area contributed by atoms with Gasteiger partial charge in [0.15, 0.2) is 0 Å². The normalized spacial score (nSPS) is 24.3. The molecule has 0 saturated heterocycles. The summed E-state index contributed by atoms with van der Waals surface area (Å²) in [6.07, 6.45) is 5.76. The van der Waals surface area contributed by atoms with Gasteiger partial charge >= 0.3 is 0 Å². The first-order chi connectivity index (χ1) is 8.34. The Morgan fingerprint density at radius 1 is 1.41 bits per heavy atom. The van der Waals surface area contributed by atoms with Crippen molar-refractivity contribution in [3.8, 4) is 0 Å². The van der Waals surface area contributed by atoms with Crippen LogP contribution >= 0.6 is 11.3 Å². The van der Waals surface area contributed by atoms with Crippen molar-refractivity contribution < 1.29 is 0 Å². The second-order valence-corrected chi connectivity index (χ2v) is 5.82. The molecule has 0 aliphatic heterocycles. The van der Waals surface area contributed by atoms with Crippen LogP contribution in [-0.2, 0) is 0 Å². The minimum Gasteiger partial charge on any atom is -0.368 e. The molecule has 0 bridgehead atoms. The van der Waals surface area contributed by atoms with Gasteiger partial charge in [0.25, 0.3) is 0 Å². The molecule has 2 aromatic rings. The number of rotatable bonds is 3. The van der Waals surface area contributed by atoms with Crippen LogP contribution in [0.3, 0.4) is 0 Å². The molecule has 0 spiro atoms. The van der Waals surface area contributed by atoms with Gasteiger partial charge in [-0.3, -0.25) is 0 Å². The molecule has 2 aromatic heterocycles. The van der Waals surface area contributed by atoms with Gasteiger partial charge in [0.05, 0.1) is 10.2 Å². The molecule has 2 unspecified atom stereocenters.